The molecule has 0 unspecified atom stereocenters. The summed E-state index contributed by atoms with van der Waals surface area (Å²) in [5.41, 5.74) is 1.87. The first-order valence-corrected chi connectivity index (χ1v) is 12.1. The second-order valence-corrected chi connectivity index (χ2v) is 9.54. The Morgan fingerprint density at radius 3 is 2.69 bits per heavy atom. The predicted octanol–water partition coefficient (Wildman–Crippen LogP) is 5.05. The maximum absolute atomic E-state index is 13.2. The van der Waals surface area contributed by atoms with Crippen molar-refractivity contribution in [1.29, 1.82) is 0 Å². The van der Waals surface area contributed by atoms with Gasteiger partial charge in [0.05, 0.1) is 23.4 Å². The zero-order valence-corrected chi connectivity index (χ0v) is 20.2. The number of carbonyl (C=O) groups excluding carboxylic acids is 1. The summed E-state index contributed by atoms with van der Waals surface area (Å²) in [5.74, 6) is 0.465. The number of nitrogens with zero attached hydrogens (tertiary/aromatic N) is 3. The van der Waals surface area contributed by atoms with Crippen molar-refractivity contribution in [3.8, 4) is 5.75 Å². The van der Waals surface area contributed by atoms with Gasteiger partial charge < -0.3 is 9.47 Å². The SMILES string of the molecule is Cc1cc(Cl)cc2sc(N(CCCN3CCOCC3)C(=O)COc3ccc(Cl)cc3)nc12. The third-order valence-corrected chi connectivity index (χ3v) is 6.80. The molecule has 32 heavy (non-hydrogen) atoms. The van der Waals surface area contributed by atoms with Crippen LogP contribution in [0.3, 0.4) is 0 Å². The van der Waals surface area contributed by atoms with E-state index in [9.17, 15) is 4.79 Å². The van der Waals surface area contributed by atoms with E-state index in [0.717, 1.165) is 55.0 Å². The lowest BCUT2D eigenvalue weighted by Gasteiger charge is -2.27. The molecule has 2 aromatic carbocycles. The number of thiazole rings is 1. The second kappa shape index (κ2) is 10.8. The fourth-order valence-electron chi connectivity index (χ4n) is 3.62. The van der Waals surface area contributed by atoms with E-state index in [1.54, 1.807) is 29.2 Å². The fourth-order valence-corrected chi connectivity index (χ4v) is 5.21. The van der Waals surface area contributed by atoms with Gasteiger partial charge in [-0.25, -0.2) is 4.98 Å². The largest absolute Gasteiger partial charge is 0.484 e. The van der Waals surface area contributed by atoms with E-state index in [0.29, 0.717) is 27.5 Å². The normalized spacial score (nSPS) is 14.6. The number of aromatic nitrogens is 1. The van der Waals surface area contributed by atoms with Crippen LogP contribution in [-0.4, -0.2) is 61.8 Å². The van der Waals surface area contributed by atoms with E-state index in [2.05, 4.69) is 4.90 Å². The van der Waals surface area contributed by atoms with Crippen LogP contribution in [-0.2, 0) is 9.53 Å². The lowest BCUT2D eigenvalue weighted by atomic mass is 10.2. The Labute approximate surface area is 201 Å². The zero-order chi connectivity index (χ0) is 22.5. The summed E-state index contributed by atoms with van der Waals surface area (Å²) in [6.45, 7) is 6.73. The molecule has 1 saturated heterocycles. The van der Waals surface area contributed by atoms with Gasteiger partial charge >= 0.3 is 0 Å². The van der Waals surface area contributed by atoms with Crippen LogP contribution < -0.4 is 9.64 Å². The summed E-state index contributed by atoms with van der Waals surface area (Å²) in [7, 11) is 0. The van der Waals surface area contributed by atoms with E-state index in [1.807, 2.05) is 19.1 Å². The number of aryl methyl sites for hydroxylation is 1. The van der Waals surface area contributed by atoms with E-state index in [4.69, 9.17) is 37.7 Å². The number of hydrogen-bond donors (Lipinski definition) is 0. The molecule has 6 nitrogen and oxygen atoms in total. The molecule has 4 rings (SSSR count). The highest BCUT2D eigenvalue weighted by Crippen LogP contribution is 2.33. The topological polar surface area (TPSA) is 54.9 Å². The van der Waals surface area contributed by atoms with Crippen LogP contribution in [0.15, 0.2) is 36.4 Å². The monoisotopic (exact) mass is 493 g/mol. The number of morpholine rings is 1. The molecule has 0 saturated carbocycles. The zero-order valence-electron chi connectivity index (χ0n) is 17.9. The maximum Gasteiger partial charge on any atom is 0.266 e. The first-order valence-electron chi connectivity index (χ1n) is 10.5. The minimum absolute atomic E-state index is 0.0746. The molecule has 0 bridgehead atoms. The Morgan fingerprint density at radius 2 is 1.94 bits per heavy atom. The quantitative estimate of drug-likeness (QED) is 0.439. The van der Waals surface area contributed by atoms with Crippen molar-refractivity contribution in [1.82, 2.24) is 9.88 Å². The molecule has 1 fully saturated rings. The fraction of sp³-hybridized carbons (Fsp3) is 0.391. The number of benzene rings is 2. The van der Waals surface area contributed by atoms with Gasteiger partial charge in [0.1, 0.15) is 5.75 Å². The molecule has 1 aromatic heterocycles. The summed E-state index contributed by atoms with van der Waals surface area (Å²) >= 11 is 13.6. The number of hydrogen-bond acceptors (Lipinski definition) is 6. The molecule has 3 aromatic rings. The molecule has 1 aliphatic rings. The molecule has 0 N–H and O–H groups in total. The Hall–Kier alpha value is -1.90. The van der Waals surface area contributed by atoms with Crippen molar-refractivity contribution in [2.24, 2.45) is 0 Å². The second-order valence-electron chi connectivity index (χ2n) is 7.66. The summed E-state index contributed by atoms with van der Waals surface area (Å²) in [6.07, 6.45) is 0.836. The summed E-state index contributed by atoms with van der Waals surface area (Å²) in [4.78, 5) is 22.0. The molecular weight excluding hydrogens is 469 g/mol. The van der Waals surface area contributed by atoms with Gasteiger partial charge in [-0.1, -0.05) is 34.5 Å². The van der Waals surface area contributed by atoms with Gasteiger partial charge in [0.25, 0.3) is 5.91 Å². The van der Waals surface area contributed by atoms with Crippen LogP contribution in [0.1, 0.15) is 12.0 Å². The molecule has 0 radical (unpaired) electrons. The number of rotatable bonds is 8. The van der Waals surface area contributed by atoms with E-state index in [1.165, 1.54) is 11.3 Å². The van der Waals surface area contributed by atoms with Crippen molar-refractivity contribution in [3.05, 3.63) is 52.0 Å². The van der Waals surface area contributed by atoms with E-state index in [-0.39, 0.29) is 12.5 Å². The number of fused-ring (bicyclic) bond motifs is 1. The Morgan fingerprint density at radius 1 is 1.19 bits per heavy atom. The first-order chi connectivity index (χ1) is 15.5. The van der Waals surface area contributed by atoms with Crippen molar-refractivity contribution in [3.63, 3.8) is 0 Å². The van der Waals surface area contributed by atoms with Gasteiger partial charge in [0.2, 0.25) is 0 Å². The molecule has 0 atom stereocenters. The third kappa shape index (κ3) is 5.91. The van der Waals surface area contributed by atoms with Crippen LogP contribution in [0, 0.1) is 6.92 Å². The lowest BCUT2D eigenvalue weighted by molar-refractivity contribution is -0.120. The van der Waals surface area contributed by atoms with Crippen molar-refractivity contribution in [2.75, 3.05) is 50.9 Å². The summed E-state index contributed by atoms with van der Waals surface area (Å²) in [5, 5.41) is 1.95. The standard InChI is InChI=1S/C23H25Cl2N3O3S/c1-16-13-18(25)14-20-22(16)26-23(32-20)28(8-2-7-27-9-11-30-12-10-27)21(29)15-31-19-5-3-17(24)4-6-19/h3-6,13-14H,2,7-12,15H2,1H3. The van der Waals surface area contributed by atoms with Gasteiger partial charge in [-0.15, -0.1) is 0 Å². The summed E-state index contributed by atoms with van der Waals surface area (Å²) < 4.78 is 12.1. The minimum Gasteiger partial charge on any atom is -0.484 e. The lowest BCUT2D eigenvalue weighted by Crippen LogP contribution is -2.40. The van der Waals surface area contributed by atoms with Gasteiger partial charge in [0.15, 0.2) is 11.7 Å². The number of ether oxygens (including phenoxy) is 2. The molecular formula is C23H25Cl2N3O3S. The van der Waals surface area contributed by atoms with Crippen LogP contribution in [0.5, 0.6) is 5.75 Å². The Balaban J connectivity index is 1.49. The van der Waals surface area contributed by atoms with Gasteiger partial charge in [-0.2, -0.15) is 0 Å². The molecule has 1 aliphatic heterocycles. The Kier molecular flexibility index (Phi) is 7.86. The average Bonchev–Trinajstić information content (AvgIpc) is 3.21. The third-order valence-electron chi connectivity index (χ3n) is 5.31. The molecule has 2 heterocycles. The highest BCUT2D eigenvalue weighted by Gasteiger charge is 2.22. The smallest absolute Gasteiger partial charge is 0.266 e. The molecule has 0 aliphatic carbocycles. The molecule has 1 amide bonds. The van der Waals surface area contributed by atoms with E-state index >= 15 is 0 Å². The average molecular weight is 494 g/mol. The van der Waals surface area contributed by atoms with Gasteiger partial charge in [0, 0.05) is 36.2 Å². The van der Waals surface area contributed by atoms with Crippen molar-refractivity contribution >= 4 is 55.8 Å². The predicted molar refractivity (Wildman–Crippen MR) is 131 cm³/mol. The van der Waals surface area contributed by atoms with E-state index < -0.39 is 0 Å². The Bertz CT molecular complexity index is 1070. The first kappa shape index (κ1) is 23.3. The summed E-state index contributed by atoms with van der Waals surface area (Å²) in [6, 6.07) is 10.8. The highest BCUT2D eigenvalue weighted by atomic mass is 35.5. The maximum atomic E-state index is 13.2. The minimum atomic E-state index is -0.135. The van der Waals surface area contributed by atoms with Gasteiger partial charge in [-0.05, 0) is 55.3 Å². The molecule has 9 heteroatoms. The number of halogens is 2. The van der Waals surface area contributed by atoms with Crippen molar-refractivity contribution in [2.45, 2.75) is 13.3 Å². The van der Waals surface area contributed by atoms with Crippen molar-refractivity contribution < 1.29 is 14.3 Å². The van der Waals surface area contributed by atoms with Crippen LogP contribution in [0.4, 0.5) is 5.13 Å². The number of anilines is 1. The molecule has 170 valence electrons. The van der Waals surface area contributed by atoms with Crippen LogP contribution >= 0.6 is 34.5 Å². The molecule has 0 spiro atoms. The van der Waals surface area contributed by atoms with Crippen LogP contribution in [0.25, 0.3) is 10.2 Å². The van der Waals surface area contributed by atoms with Gasteiger partial charge in [-0.3, -0.25) is 14.6 Å². The number of amides is 1. The van der Waals surface area contributed by atoms with Crippen LogP contribution in [0.2, 0.25) is 10.0 Å². The number of carbonyl (C=O) groups is 1. The highest BCUT2D eigenvalue weighted by molar-refractivity contribution is 7.22.